The maximum Gasteiger partial charge on any atom is 0.111 e. The first-order chi connectivity index (χ1) is 7.27. The summed E-state index contributed by atoms with van der Waals surface area (Å²) in [7, 11) is 0. The summed E-state index contributed by atoms with van der Waals surface area (Å²) in [6.45, 7) is 1.97. The number of hydrogen-bond acceptors (Lipinski definition) is 3. The van der Waals surface area contributed by atoms with E-state index in [1.165, 1.54) is 24.8 Å². The second kappa shape index (κ2) is 4.90. The van der Waals surface area contributed by atoms with Crippen LogP contribution >= 0.6 is 11.3 Å². The van der Waals surface area contributed by atoms with E-state index in [1.54, 1.807) is 17.5 Å². The SMILES string of the molecule is Cc1ncc(C(O)C2=CCCCCC2)s1. The summed E-state index contributed by atoms with van der Waals surface area (Å²) in [5, 5.41) is 11.2. The lowest BCUT2D eigenvalue weighted by atomic mass is 10.0. The van der Waals surface area contributed by atoms with Gasteiger partial charge in [0, 0.05) is 6.20 Å². The van der Waals surface area contributed by atoms with E-state index in [0.717, 1.165) is 22.7 Å². The molecular weight excluding hydrogens is 206 g/mol. The Bertz CT molecular complexity index is 356. The lowest BCUT2D eigenvalue weighted by Gasteiger charge is -2.11. The van der Waals surface area contributed by atoms with Crippen LogP contribution < -0.4 is 0 Å². The molecule has 15 heavy (non-hydrogen) atoms. The van der Waals surface area contributed by atoms with Gasteiger partial charge < -0.3 is 5.11 Å². The number of aromatic nitrogens is 1. The monoisotopic (exact) mass is 223 g/mol. The van der Waals surface area contributed by atoms with Gasteiger partial charge in [0.05, 0.1) is 9.88 Å². The van der Waals surface area contributed by atoms with Crippen molar-refractivity contribution in [3.05, 3.63) is 27.7 Å². The molecule has 1 aliphatic rings. The second-order valence-electron chi connectivity index (χ2n) is 4.06. The second-order valence-corrected chi connectivity index (χ2v) is 5.33. The zero-order chi connectivity index (χ0) is 10.7. The average Bonchev–Trinajstić information content (AvgIpc) is 2.53. The van der Waals surface area contributed by atoms with Crippen molar-refractivity contribution >= 4 is 11.3 Å². The van der Waals surface area contributed by atoms with E-state index in [1.807, 2.05) is 6.92 Å². The third-order valence-electron chi connectivity index (χ3n) is 2.84. The van der Waals surface area contributed by atoms with Crippen LogP contribution in [0.5, 0.6) is 0 Å². The van der Waals surface area contributed by atoms with E-state index in [2.05, 4.69) is 11.1 Å². The number of allylic oxidation sites excluding steroid dienone is 1. The van der Waals surface area contributed by atoms with Crippen LogP contribution in [0.15, 0.2) is 17.8 Å². The molecule has 1 unspecified atom stereocenters. The van der Waals surface area contributed by atoms with E-state index < -0.39 is 6.10 Å². The number of aliphatic hydroxyl groups excluding tert-OH is 1. The van der Waals surface area contributed by atoms with Crippen molar-refractivity contribution in [2.24, 2.45) is 0 Å². The van der Waals surface area contributed by atoms with Gasteiger partial charge in [-0.15, -0.1) is 11.3 Å². The van der Waals surface area contributed by atoms with Gasteiger partial charge in [-0.25, -0.2) is 4.98 Å². The number of nitrogens with zero attached hydrogens (tertiary/aromatic N) is 1. The molecule has 0 saturated heterocycles. The van der Waals surface area contributed by atoms with E-state index in [4.69, 9.17) is 0 Å². The molecule has 82 valence electrons. The van der Waals surface area contributed by atoms with E-state index >= 15 is 0 Å². The van der Waals surface area contributed by atoms with Gasteiger partial charge in [0.15, 0.2) is 0 Å². The van der Waals surface area contributed by atoms with Gasteiger partial charge in [0.25, 0.3) is 0 Å². The highest BCUT2D eigenvalue weighted by Crippen LogP contribution is 2.31. The molecule has 2 nitrogen and oxygen atoms in total. The highest BCUT2D eigenvalue weighted by molar-refractivity contribution is 7.11. The Hall–Kier alpha value is -0.670. The van der Waals surface area contributed by atoms with Gasteiger partial charge in [0.2, 0.25) is 0 Å². The van der Waals surface area contributed by atoms with Gasteiger partial charge >= 0.3 is 0 Å². The molecule has 0 amide bonds. The molecule has 1 aromatic rings. The van der Waals surface area contributed by atoms with Crippen LogP contribution in [-0.2, 0) is 0 Å². The predicted octanol–water partition coefficient (Wildman–Crippen LogP) is 3.38. The minimum atomic E-state index is -0.408. The largest absolute Gasteiger partial charge is 0.383 e. The normalized spacial score (nSPS) is 19.5. The third kappa shape index (κ3) is 2.67. The first-order valence-corrected chi connectivity index (χ1v) is 6.38. The third-order valence-corrected chi connectivity index (χ3v) is 3.80. The highest BCUT2D eigenvalue weighted by atomic mass is 32.1. The van der Waals surface area contributed by atoms with Gasteiger partial charge in [0.1, 0.15) is 6.10 Å². The number of rotatable bonds is 2. The lowest BCUT2D eigenvalue weighted by Crippen LogP contribution is -1.99. The number of aryl methyl sites for hydroxylation is 1. The van der Waals surface area contributed by atoms with Crippen LogP contribution in [0.25, 0.3) is 0 Å². The smallest absolute Gasteiger partial charge is 0.111 e. The fourth-order valence-electron chi connectivity index (χ4n) is 1.98. The van der Waals surface area contributed by atoms with Crippen molar-refractivity contribution in [1.29, 1.82) is 0 Å². The van der Waals surface area contributed by atoms with Crippen molar-refractivity contribution in [2.45, 2.75) is 45.1 Å². The molecule has 0 spiro atoms. The Morgan fingerprint density at radius 2 is 2.27 bits per heavy atom. The molecule has 1 aromatic heterocycles. The Morgan fingerprint density at radius 3 is 3.00 bits per heavy atom. The predicted molar refractivity (Wildman–Crippen MR) is 63.0 cm³/mol. The summed E-state index contributed by atoms with van der Waals surface area (Å²) in [5.74, 6) is 0. The van der Waals surface area contributed by atoms with Gasteiger partial charge in [-0.05, 0) is 38.2 Å². The van der Waals surface area contributed by atoms with E-state index in [0.29, 0.717) is 0 Å². The first-order valence-electron chi connectivity index (χ1n) is 5.56. The topological polar surface area (TPSA) is 33.1 Å². The molecule has 0 aromatic carbocycles. The molecular formula is C12H17NOS. The van der Waals surface area contributed by atoms with E-state index in [-0.39, 0.29) is 0 Å². The van der Waals surface area contributed by atoms with Crippen LogP contribution in [0, 0.1) is 6.92 Å². The van der Waals surface area contributed by atoms with Crippen LogP contribution in [-0.4, -0.2) is 10.1 Å². The summed E-state index contributed by atoms with van der Waals surface area (Å²) >= 11 is 1.59. The molecule has 0 aliphatic heterocycles. The van der Waals surface area contributed by atoms with E-state index in [9.17, 15) is 5.11 Å². The van der Waals surface area contributed by atoms with Gasteiger partial charge in [-0.1, -0.05) is 12.5 Å². The summed E-state index contributed by atoms with van der Waals surface area (Å²) in [5.41, 5.74) is 1.19. The molecule has 1 heterocycles. The quantitative estimate of drug-likeness (QED) is 0.780. The Morgan fingerprint density at radius 1 is 1.40 bits per heavy atom. The summed E-state index contributed by atoms with van der Waals surface area (Å²) in [6.07, 6.45) is 9.52. The standard InChI is InChI=1S/C12H17NOS/c1-9-13-8-11(15-9)12(14)10-6-4-2-3-5-7-10/h6,8,12,14H,2-5,7H2,1H3. The van der Waals surface area contributed by atoms with Crippen molar-refractivity contribution in [3.63, 3.8) is 0 Å². The van der Waals surface area contributed by atoms with Crippen molar-refractivity contribution in [1.82, 2.24) is 4.98 Å². The number of aliphatic hydroxyl groups is 1. The van der Waals surface area contributed by atoms with Crippen molar-refractivity contribution in [2.75, 3.05) is 0 Å². The summed E-state index contributed by atoms with van der Waals surface area (Å²) < 4.78 is 0. The average molecular weight is 223 g/mol. The van der Waals surface area contributed by atoms with Crippen LogP contribution in [0.4, 0.5) is 0 Å². The minimum absolute atomic E-state index is 0.408. The van der Waals surface area contributed by atoms with Crippen LogP contribution in [0.1, 0.15) is 48.1 Å². The Kier molecular flexibility index (Phi) is 3.54. The molecule has 0 radical (unpaired) electrons. The van der Waals surface area contributed by atoms with Gasteiger partial charge in [-0.3, -0.25) is 0 Å². The number of hydrogen-bond donors (Lipinski definition) is 1. The van der Waals surface area contributed by atoms with Crippen LogP contribution in [0.3, 0.4) is 0 Å². The highest BCUT2D eigenvalue weighted by Gasteiger charge is 2.16. The first kappa shape index (κ1) is 10.8. The minimum Gasteiger partial charge on any atom is -0.383 e. The maximum atomic E-state index is 10.2. The molecule has 1 N–H and O–H groups in total. The lowest BCUT2D eigenvalue weighted by molar-refractivity contribution is 0.214. The Balaban J connectivity index is 2.12. The number of thiazole rings is 1. The van der Waals surface area contributed by atoms with Crippen molar-refractivity contribution < 1.29 is 5.11 Å². The zero-order valence-electron chi connectivity index (χ0n) is 9.07. The molecule has 0 fully saturated rings. The van der Waals surface area contributed by atoms with Crippen LogP contribution in [0.2, 0.25) is 0 Å². The maximum absolute atomic E-state index is 10.2. The summed E-state index contributed by atoms with van der Waals surface area (Å²) in [6, 6.07) is 0. The molecule has 2 rings (SSSR count). The Labute approximate surface area is 94.7 Å². The zero-order valence-corrected chi connectivity index (χ0v) is 9.89. The fraction of sp³-hybridized carbons (Fsp3) is 0.583. The molecule has 0 saturated carbocycles. The molecule has 1 aliphatic carbocycles. The molecule has 3 heteroatoms. The van der Waals surface area contributed by atoms with Crippen molar-refractivity contribution in [3.8, 4) is 0 Å². The summed E-state index contributed by atoms with van der Waals surface area (Å²) in [4.78, 5) is 5.17. The van der Waals surface area contributed by atoms with Gasteiger partial charge in [-0.2, -0.15) is 0 Å². The molecule has 1 atom stereocenters. The fourth-order valence-corrected chi connectivity index (χ4v) is 2.79. The molecule has 0 bridgehead atoms.